The number of allylic oxidation sites excluding steroid dienone is 1. The molecule has 0 aliphatic carbocycles. The highest BCUT2D eigenvalue weighted by Gasteiger charge is 1.94. The predicted molar refractivity (Wildman–Crippen MR) is 72.7 cm³/mol. The quantitative estimate of drug-likeness (QED) is 0.713. The number of carboxylic acids is 1. The van der Waals surface area contributed by atoms with Crippen molar-refractivity contribution in [2.75, 3.05) is 6.61 Å². The fourth-order valence-corrected chi connectivity index (χ4v) is 1.49. The molecule has 0 unspecified atom stereocenters. The van der Waals surface area contributed by atoms with E-state index in [1.54, 1.807) is 0 Å². The van der Waals surface area contributed by atoms with E-state index >= 15 is 0 Å². The number of benzene rings is 1. The average molecular weight is 248 g/mol. The van der Waals surface area contributed by atoms with Crippen molar-refractivity contribution in [3.05, 3.63) is 35.9 Å². The first kappa shape index (κ1) is 14.3. The van der Waals surface area contributed by atoms with Crippen LogP contribution in [0.5, 0.6) is 5.75 Å². The molecule has 1 aromatic rings. The molecular formula is C15H20O3. The van der Waals surface area contributed by atoms with Crippen molar-refractivity contribution in [2.24, 2.45) is 0 Å². The SMILES string of the molecule is CCCOc1ccc(C=CCCCC(=O)O)cc1. The highest BCUT2D eigenvalue weighted by molar-refractivity contribution is 5.66. The molecule has 0 aliphatic rings. The van der Waals surface area contributed by atoms with Crippen LogP contribution < -0.4 is 4.74 Å². The molecule has 18 heavy (non-hydrogen) atoms. The first-order valence-corrected chi connectivity index (χ1v) is 6.33. The largest absolute Gasteiger partial charge is 0.494 e. The van der Waals surface area contributed by atoms with E-state index < -0.39 is 5.97 Å². The predicted octanol–water partition coefficient (Wildman–Crippen LogP) is 3.74. The summed E-state index contributed by atoms with van der Waals surface area (Å²) in [7, 11) is 0. The van der Waals surface area contributed by atoms with E-state index in [0.29, 0.717) is 6.42 Å². The lowest BCUT2D eigenvalue weighted by Crippen LogP contribution is -1.94. The highest BCUT2D eigenvalue weighted by Crippen LogP contribution is 2.13. The first-order valence-electron chi connectivity index (χ1n) is 6.33. The van der Waals surface area contributed by atoms with E-state index in [4.69, 9.17) is 9.84 Å². The minimum absolute atomic E-state index is 0.230. The van der Waals surface area contributed by atoms with Crippen molar-refractivity contribution in [2.45, 2.75) is 32.6 Å². The number of hydrogen-bond acceptors (Lipinski definition) is 2. The second-order valence-electron chi connectivity index (χ2n) is 4.11. The molecule has 0 aromatic heterocycles. The maximum Gasteiger partial charge on any atom is 0.303 e. The standard InChI is InChI=1S/C15H20O3/c1-2-12-18-14-10-8-13(9-11-14)6-4-3-5-7-15(16)17/h4,6,8-11H,2-3,5,7,12H2,1H3,(H,16,17). The molecule has 0 heterocycles. The normalized spacial score (nSPS) is 10.7. The third-order valence-corrected chi connectivity index (χ3v) is 2.42. The molecule has 3 heteroatoms. The van der Waals surface area contributed by atoms with Gasteiger partial charge < -0.3 is 9.84 Å². The third-order valence-electron chi connectivity index (χ3n) is 2.42. The molecule has 0 spiro atoms. The van der Waals surface area contributed by atoms with E-state index in [9.17, 15) is 4.79 Å². The Kier molecular flexibility index (Phi) is 6.62. The van der Waals surface area contributed by atoms with Crippen LogP contribution in [0.25, 0.3) is 6.08 Å². The fourth-order valence-electron chi connectivity index (χ4n) is 1.49. The Labute approximate surface area is 108 Å². The molecule has 3 nitrogen and oxygen atoms in total. The molecule has 1 N–H and O–H groups in total. The molecule has 1 rings (SSSR count). The van der Waals surface area contributed by atoms with Crippen LogP contribution in [0.1, 0.15) is 38.2 Å². The number of unbranched alkanes of at least 4 members (excludes halogenated alkanes) is 1. The van der Waals surface area contributed by atoms with E-state index in [-0.39, 0.29) is 6.42 Å². The summed E-state index contributed by atoms with van der Waals surface area (Å²) in [6.07, 6.45) is 6.72. The van der Waals surface area contributed by atoms with Crippen LogP contribution in [0.4, 0.5) is 0 Å². The number of carbonyl (C=O) groups is 1. The van der Waals surface area contributed by atoms with Gasteiger partial charge in [-0.15, -0.1) is 0 Å². The lowest BCUT2D eigenvalue weighted by atomic mass is 10.1. The molecule has 1 aromatic carbocycles. The lowest BCUT2D eigenvalue weighted by molar-refractivity contribution is -0.137. The maximum atomic E-state index is 10.3. The van der Waals surface area contributed by atoms with Crippen LogP contribution in [0.2, 0.25) is 0 Å². The van der Waals surface area contributed by atoms with E-state index in [0.717, 1.165) is 30.8 Å². The molecule has 98 valence electrons. The smallest absolute Gasteiger partial charge is 0.303 e. The molecule has 0 saturated heterocycles. The fraction of sp³-hybridized carbons (Fsp3) is 0.400. The second-order valence-corrected chi connectivity index (χ2v) is 4.11. The molecule has 0 amide bonds. The minimum Gasteiger partial charge on any atom is -0.494 e. The Morgan fingerprint density at radius 1 is 1.33 bits per heavy atom. The zero-order valence-corrected chi connectivity index (χ0v) is 10.8. The first-order chi connectivity index (χ1) is 8.72. The van der Waals surface area contributed by atoms with Gasteiger partial charge in [-0.3, -0.25) is 4.79 Å². The molecule has 0 fully saturated rings. The topological polar surface area (TPSA) is 46.5 Å². The van der Waals surface area contributed by atoms with E-state index in [1.807, 2.05) is 36.4 Å². The molecule has 0 aliphatic heterocycles. The summed E-state index contributed by atoms with van der Waals surface area (Å²) in [5.74, 6) is 0.153. The Morgan fingerprint density at radius 3 is 2.67 bits per heavy atom. The van der Waals surface area contributed by atoms with Crippen LogP contribution in [0, 0.1) is 0 Å². The van der Waals surface area contributed by atoms with Gasteiger partial charge in [0, 0.05) is 6.42 Å². The average Bonchev–Trinajstić information content (AvgIpc) is 2.37. The van der Waals surface area contributed by atoms with Gasteiger partial charge in [0.25, 0.3) is 0 Å². The van der Waals surface area contributed by atoms with Crippen LogP contribution in [-0.2, 0) is 4.79 Å². The summed E-state index contributed by atoms with van der Waals surface area (Å²) in [6, 6.07) is 7.90. The molecule has 0 atom stereocenters. The molecular weight excluding hydrogens is 228 g/mol. The van der Waals surface area contributed by atoms with Crippen LogP contribution in [0.15, 0.2) is 30.3 Å². The Hall–Kier alpha value is -1.77. The van der Waals surface area contributed by atoms with Crippen molar-refractivity contribution < 1.29 is 14.6 Å². The number of ether oxygens (including phenoxy) is 1. The summed E-state index contributed by atoms with van der Waals surface area (Å²) in [4.78, 5) is 10.3. The van der Waals surface area contributed by atoms with Gasteiger partial charge >= 0.3 is 5.97 Å². The van der Waals surface area contributed by atoms with E-state index in [2.05, 4.69) is 6.92 Å². The van der Waals surface area contributed by atoms with Crippen molar-refractivity contribution in [3.63, 3.8) is 0 Å². The van der Waals surface area contributed by atoms with Gasteiger partial charge in [0.05, 0.1) is 6.61 Å². The van der Waals surface area contributed by atoms with Crippen LogP contribution in [0.3, 0.4) is 0 Å². The summed E-state index contributed by atoms with van der Waals surface area (Å²) >= 11 is 0. The highest BCUT2D eigenvalue weighted by atomic mass is 16.5. The van der Waals surface area contributed by atoms with E-state index in [1.165, 1.54) is 0 Å². The summed E-state index contributed by atoms with van der Waals surface area (Å²) in [6.45, 7) is 2.82. The zero-order valence-electron chi connectivity index (χ0n) is 10.8. The molecule has 0 radical (unpaired) electrons. The van der Waals surface area contributed by atoms with Gasteiger partial charge in [0.1, 0.15) is 5.75 Å². The molecule has 0 bridgehead atoms. The number of hydrogen-bond donors (Lipinski definition) is 1. The third kappa shape index (κ3) is 6.09. The lowest BCUT2D eigenvalue weighted by Gasteiger charge is -2.03. The van der Waals surface area contributed by atoms with Crippen molar-refractivity contribution in [1.29, 1.82) is 0 Å². The maximum absolute atomic E-state index is 10.3. The number of aliphatic carboxylic acids is 1. The number of carboxylic acid groups (broad SMARTS) is 1. The van der Waals surface area contributed by atoms with Gasteiger partial charge in [-0.25, -0.2) is 0 Å². The van der Waals surface area contributed by atoms with Crippen molar-refractivity contribution in [1.82, 2.24) is 0 Å². The molecule has 0 saturated carbocycles. The summed E-state index contributed by atoms with van der Waals surface area (Å²) < 4.78 is 5.49. The van der Waals surface area contributed by atoms with Gasteiger partial charge in [-0.1, -0.05) is 31.2 Å². The Bertz CT molecular complexity index is 379. The second kappa shape index (κ2) is 8.34. The summed E-state index contributed by atoms with van der Waals surface area (Å²) in [5.41, 5.74) is 1.11. The minimum atomic E-state index is -0.735. The Balaban J connectivity index is 2.33. The number of rotatable bonds is 8. The van der Waals surface area contributed by atoms with Gasteiger partial charge in [0.2, 0.25) is 0 Å². The van der Waals surface area contributed by atoms with Gasteiger partial charge in [0.15, 0.2) is 0 Å². The van der Waals surface area contributed by atoms with Crippen LogP contribution >= 0.6 is 0 Å². The van der Waals surface area contributed by atoms with Crippen molar-refractivity contribution in [3.8, 4) is 5.75 Å². The van der Waals surface area contributed by atoms with Crippen molar-refractivity contribution >= 4 is 12.0 Å². The summed E-state index contributed by atoms with van der Waals surface area (Å²) in [5, 5.41) is 8.49. The van der Waals surface area contributed by atoms with Gasteiger partial charge in [-0.05, 0) is 37.0 Å². The Morgan fingerprint density at radius 2 is 2.06 bits per heavy atom. The van der Waals surface area contributed by atoms with Crippen LogP contribution in [-0.4, -0.2) is 17.7 Å². The zero-order chi connectivity index (χ0) is 13.2. The van der Waals surface area contributed by atoms with Gasteiger partial charge in [-0.2, -0.15) is 0 Å². The monoisotopic (exact) mass is 248 g/mol.